The van der Waals surface area contributed by atoms with Crippen molar-refractivity contribution in [2.24, 2.45) is 0 Å². The Bertz CT molecular complexity index is 413. The zero-order valence-electron chi connectivity index (χ0n) is 9.32. The van der Waals surface area contributed by atoms with Gasteiger partial charge in [-0.3, -0.25) is 10.1 Å². The molecule has 0 aliphatic carbocycles. The third kappa shape index (κ3) is 4.59. The second-order valence-corrected chi connectivity index (χ2v) is 2.99. The number of ether oxygens (including phenoxy) is 1. The van der Waals surface area contributed by atoms with Crippen LogP contribution in [0.2, 0.25) is 0 Å². The minimum absolute atomic E-state index is 0. The number of nitro benzene ring substituents is 1. The molecule has 0 saturated heterocycles. The number of rotatable bonds is 4. The molecule has 0 spiro atoms. The van der Waals surface area contributed by atoms with Gasteiger partial charge in [0.25, 0.3) is 5.69 Å². The third-order valence-electron chi connectivity index (χ3n) is 1.86. The van der Waals surface area contributed by atoms with E-state index in [2.05, 4.69) is 0 Å². The molecule has 1 aromatic carbocycles. The van der Waals surface area contributed by atoms with Crippen LogP contribution in [0.15, 0.2) is 18.2 Å². The van der Waals surface area contributed by atoms with E-state index in [4.69, 9.17) is 4.74 Å². The van der Waals surface area contributed by atoms with Gasteiger partial charge >= 0.3 is 58.4 Å². The molecule has 0 amide bonds. The van der Waals surface area contributed by atoms with E-state index >= 15 is 0 Å². The molecule has 88 valence electrons. The molecule has 1 rings (SSSR count). The molecule has 9 heteroatoms. The van der Waals surface area contributed by atoms with Gasteiger partial charge in [-0.25, -0.2) is 0 Å². The van der Waals surface area contributed by atoms with Crippen LogP contribution >= 0.6 is 0 Å². The van der Waals surface area contributed by atoms with Crippen LogP contribution < -0.4 is 61.6 Å². The summed E-state index contributed by atoms with van der Waals surface area (Å²) in [5.41, 5.74) is -1.67. The van der Waals surface area contributed by atoms with Crippen molar-refractivity contribution < 1.29 is 74.0 Å². The van der Waals surface area contributed by atoms with Gasteiger partial charge in [0, 0.05) is 6.07 Å². The molecule has 0 heterocycles. The fraction of sp³-hybridized carbons (Fsp3) is 0.250. The van der Waals surface area contributed by atoms with Gasteiger partial charge in [-0.05, 0) is 19.1 Å². The van der Waals surface area contributed by atoms with Crippen molar-refractivity contribution in [2.45, 2.75) is 6.92 Å². The smallest absolute Gasteiger partial charge is 0.497 e. The third-order valence-corrected chi connectivity index (χ3v) is 1.86. The fourth-order valence-corrected chi connectivity index (χ4v) is 1.19. The predicted octanol–water partition coefficient (Wildman–Crippen LogP) is -0.948. The standard InChI is InChI=1S/C8H8BF3NO3.K/c1-2-16-8-4-3-6(13(14)15)5-7(8)9(10,11)12;/h3-5H,2H2,1H3;/q-1;+1. The number of halogens is 3. The average molecular weight is 273 g/mol. The van der Waals surface area contributed by atoms with E-state index in [1.54, 1.807) is 0 Å². The molecule has 0 atom stereocenters. The van der Waals surface area contributed by atoms with E-state index in [0.29, 0.717) is 6.07 Å². The molecule has 0 aliphatic rings. The van der Waals surface area contributed by atoms with Gasteiger partial charge in [-0.15, -0.1) is 0 Å². The van der Waals surface area contributed by atoms with Crippen LogP contribution in [0.5, 0.6) is 5.75 Å². The zero-order valence-corrected chi connectivity index (χ0v) is 12.4. The Morgan fingerprint density at radius 3 is 2.41 bits per heavy atom. The minimum atomic E-state index is -5.32. The molecular weight excluding hydrogens is 265 g/mol. The van der Waals surface area contributed by atoms with Gasteiger partial charge in [-0.1, -0.05) is 5.46 Å². The van der Waals surface area contributed by atoms with Crippen molar-refractivity contribution in [3.63, 3.8) is 0 Å². The topological polar surface area (TPSA) is 52.4 Å². The Morgan fingerprint density at radius 1 is 1.41 bits per heavy atom. The van der Waals surface area contributed by atoms with Crippen LogP contribution in [0.3, 0.4) is 0 Å². The van der Waals surface area contributed by atoms with Crippen LogP contribution in [-0.4, -0.2) is 18.5 Å². The van der Waals surface area contributed by atoms with Crippen LogP contribution in [0.4, 0.5) is 18.6 Å². The maximum atomic E-state index is 12.6. The number of hydrogen-bond acceptors (Lipinski definition) is 3. The Morgan fingerprint density at radius 2 is 2.00 bits per heavy atom. The molecule has 1 aromatic rings. The molecule has 0 unspecified atom stereocenters. The first-order valence-electron chi connectivity index (χ1n) is 4.47. The molecule has 0 fully saturated rings. The second kappa shape index (κ2) is 6.74. The quantitative estimate of drug-likeness (QED) is 0.404. The van der Waals surface area contributed by atoms with E-state index in [1.165, 1.54) is 6.92 Å². The summed E-state index contributed by atoms with van der Waals surface area (Å²) in [5, 5.41) is 10.4. The Kier molecular flexibility index (Phi) is 6.70. The monoisotopic (exact) mass is 273 g/mol. The zero-order chi connectivity index (χ0) is 12.3. The van der Waals surface area contributed by atoms with E-state index in [1.807, 2.05) is 0 Å². The van der Waals surface area contributed by atoms with E-state index < -0.39 is 23.1 Å². The van der Waals surface area contributed by atoms with Crippen LogP contribution in [0.25, 0.3) is 0 Å². The molecule has 0 aromatic heterocycles. The SMILES string of the molecule is CCOc1ccc([N+](=O)[O-])cc1[B-](F)(F)F.[K+]. The molecule has 17 heavy (non-hydrogen) atoms. The summed E-state index contributed by atoms with van der Waals surface area (Å²) in [5.74, 6) is -0.374. The van der Waals surface area contributed by atoms with Crippen molar-refractivity contribution in [1.29, 1.82) is 0 Å². The fourth-order valence-electron chi connectivity index (χ4n) is 1.19. The number of benzene rings is 1. The molecule has 0 N–H and O–H groups in total. The van der Waals surface area contributed by atoms with Crippen LogP contribution in [0, 0.1) is 10.1 Å². The Balaban J connectivity index is 0.00000256. The van der Waals surface area contributed by atoms with Crippen molar-refractivity contribution in [3.05, 3.63) is 28.3 Å². The van der Waals surface area contributed by atoms with Gasteiger partial charge in [0.1, 0.15) is 0 Å². The predicted molar refractivity (Wildman–Crippen MR) is 53.0 cm³/mol. The summed E-state index contributed by atoms with van der Waals surface area (Å²) >= 11 is 0. The largest absolute Gasteiger partial charge is 1.00 e. The average Bonchev–Trinajstić information content (AvgIpc) is 2.16. The molecule has 0 saturated carbocycles. The molecule has 0 aliphatic heterocycles. The summed E-state index contributed by atoms with van der Waals surface area (Å²) in [4.78, 5) is 9.48. The van der Waals surface area contributed by atoms with Crippen molar-refractivity contribution in [2.75, 3.05) is 6.61 Å². The van der Waals surface area contributed by atoms with Gasteiger partial charge in [0.2, 0.25) is 0 Å². The number of nitro groups is 1. The summed E-state index contributed by atoms with van der Waals surface area (Å²) in [6, 6.07) is 2.44. The Labute approximate surface area is 138 Å². The van der Waals surface area contributed by atoms with Gasteiger partial charge in [0.15, 0.2) is 0 Å². The van der Waals surface area contributed by atoms with Crippen molar-refractivity contribution >= 4 is 18.1 Å². The van der Waals surface area contributed by atoms with E-state index in [0.717, 1.165) is 12.1 Å². The summed E-state index contributed by atoms with van der Waals surface area (Å²) < 4.78 is 42.5. The first kappa shape index (κ1) is 16.9. The van der Waals surface area contributed by atoms with Crippen LogP contribution in [0.1, 0.15) is 6.92 Å². The minimum Gasteiger partial charge on any atom is -0.497 e. The molecule has 4 nitrogen and oxygen atoms in total. The maximum absolute atomic E-state index is 12.6. The normalized spacial score (nSPS) is 10.6. The van der Waals surface area contributed by atoms with Crippen molar-refractivity contribution in [1.82, 2.24) is 0 Å². The summed E-state index contributed by atoms with van der Waals surface area (Å²) in [6.07, 6.45) is 0. The summed E-state index contributed by atoms with van der Waals surface area (Å²) in [7, 11) is 0. The Hall–Kier alpha value is -0.0887. The number of nitrogens with zero attached hydrogens (tertiary/aromatic N) is 1. The van der Waals surface area contributed by atoms with Gasteiger partial charge < -0.3 is 17.7 Å². The number of non-ortho nitro benzene ring substituents is 1. The first-order chi connectivity index (χ1) is 7.36. The van der Waals surface area contributed by atoms with Gasteiger partial charge in [-0.2, -0.15) is 0 Å². The summed E-state index contributed by atoms with van der Waals surface area (Å²) in [6.45, 7) is -3.72. The molecule has 0 radical (unpaired) electrons. The maximum Gasteiger partial charge on any atom is 1.00 e. The molecule has 0 bridgehead atoms. The van der Waals surface area contributed by atoms with Crippen molar-refractivity contribution in [3.8, 4) is 5.75 Å². The second-order valence-electron chi connectivity index (χ2n) is 2.99. The van der Waals surface area contributed by atoms with Crippen LogP contribution in [-0.2, 0) is 0 Å². The van der Waals surface area contributed by atoms with Gasteiger partial charge in [0.05, 0.1) is 17.3 Å². The molecular formula is C8H8BF3KNO3. The van der Waals surface area contributed by atoms with E-state index in [9.17, 15) is 23.1 Å². The first-order valence-corrected chi connectivity index (χ1v) is 4.47. The number of hydrogen-bond donors (Lipinski definition) is 0. The van der Waals surface area contributed by atoms with E-state index in [-0.39, 0.29) is 63.7 Å².